The summed E-state index contributed by atoms with van der Waals surface area (Å²) in [6.07, 6.45) is 0. The first kappa shape index (κ1) is 21.2. The normalized spacial score (nSPS) is 18.4. The topological polar surface area (TPSA) is 79.0 Å². The second kappa shape index (κ2) is 8.10. The van der Waals surface area contributed by atoms with Gasteiger partial charge < -0.3 is 15.0 Å². The van der Waals surface area contributed by atoms with Crippen LogP contribution in [0.3, 0.4) is 0 Å². The molecule has 1 aliphatic rings. The first-order valence-electron chi connectivity index (χ1n) is 9.13. The van der Waals surface area contributed by atoms with E-state index in [2.05, 4.69) is 5.32 Å². The molecule has 7 nitrogen and oxygen atoms in total. The Hall–Kier alpha value is -3.49. The molecule has 0 radical (unpaired) electrons. The number of amides is 4. The summed E-state index contributed by atoms with van der Waals surface area (Å²) in [5.41, 5.74) is -1.37. The summed E-state index contributed by atoms with van der Waals surface area (Å²) < 4.78 is 33.1. The maximum atomic E-state index is 14.2. The summed E-state index contributed by atoms with van der Waals surface area (Å²) in [6, 6.07) is 8.93. The molecule has 0 spiro atoms. The number of imide groups is 1. The summed E-state index contributed by atoms with van der Waals surface area (Å²) >= 11 is 0. The van der Waals surface area contributed by atoms with E-state index in [1.807, 2.05) is 0 Å². The molecule has 30 heavy (non-hydrogen) atoms. The fourth-order valence-electron chi connectivity index (χ4n) is 3.34. The van der Waals surface area contributed by atoms with Crippen LogP contribution in [0.4, 0.5) is 13.6 Å². The Balaban J connectivity index is 1.76. The number of nitrogens with zero attached hydrogens (tertiary/aromatic N) is 2. The van der Waals surface area contributed by atoms with Gasteiger partial charge in [0.15, 0.2) is 0 Å². The molecule has 1 fully saturated rings. The second-order valence-corrected chi connectivity index (χ2v) is 7.13. The third-order valence-corrected chi connectivity index (χ3v) is 5.06. The highest BCUT2D eigenvalue weighted by atomic mass is 19.1. The molecule has 0 aromatic heterocycles. The smallest absolute Gasteiger partial charge is 0.325 e. The van der Waals surface area contributed by atoms with Crippen molar-refractivity contribution in [1.29, 1.82) is 0 Å². The molecule has 9 heteroatoms. The predicted molar refractivity (Wildman–Crippen MR) is 103 cm³/mol. The predicted octanol–water partition coefficient (Wildman–Crippen LogP) is 2.40. The van der Waals surface area contributed by atoms with Crippen molar-refractivity contribution in [2.75, 3.05) is 20.7 Å². The van der Waals surface area contributed by atoms with Gasteiger partial charge in [0.2, 0.25) is 5.91 Å². The number of urea groups is 1. The van der Waals surface area contributed by atoms with Crippen LogP contribution in [0, 0.1) is 11.6 Å². The Labute approximate surface area is 172 Å². The average molecular weight is 417 g/mol. The lowest BCUT2D eigenvalue weighted by molar-refractivity contribution is -0.138. The van der Waals surface area contributed by atoms with E-state index in [0.29, 0.717) is 10.6 Å². The Morgan fingerprint density at radius 3 is 2.60 bits per heavy atom. The molecule has 158 valence electrons. The largest absolute Gasteiger partial charge is 0.496 e. The molecule has 4 amide bonds. The van der Waals surface area contributed by atoms with Gasteiger partial charge in [-0.2, -0.15) is 0 Å². The van der Waals surface area contributed by atoms with Crippen LogP contribution in [0.5, 0.6) is 5.75 Å². The highest BCUT2D eigenvalue weighted by Gasteiger charge is 2.51. The minimum Gasteiger partial charge on any atom is -0.496 e. The van der Waals surface area contributed by atoms with E-state index < -0.39 is 41.6 Å². The van der Waals surface area contributed by atoms with Gasteiger partial charge in [-0.25, -0.2) is 13.6 Å². The van der Waals surface area contributed by atoms with Crippen molar-refractivity contribution in [3.05, 3.63) is 65.2 Å². The number of carbonyl (C=O) groups excluding carboxylic acids is 3. The highest BCUT2D eigenvalue weighted by Crippen LogP contribution is 2.31. The molecular formula is C21H21F2N3O4. The number of nitrogens with one attached hydrogen (secondary N) is 1. The van der Waals surface area contributed by atoms with Crippen LogP contribution < -0.4 is 10.1 Å². The van der Waals surface area contributed by atoms with E-state index in [1.54, 1.807) is 24.3 Å². The van der Waals surface area contributed by atoms with E-state index in [9.17, 15) is 23.2 Å². The Bertz CT molecular complexity index is 1010. The number of likely N-dealkylation sites (N-methyl/N-ethyl adjacent to an activating group) is 1. The molecular weight excluding hydrogens is 396 g/mol. The average Bonchev–Trinajstić information content (AvgIpc) is 2.93. The SMILES string of the molecule is COc1ccccc1CN(C)C(=O)CN1C(=O)N[C@](C)(c2cc(F)ccc2F)C1=O. The van der Waals surface area contributed by atoms with E-state index in [4.69, 9.17) is 4.74 Å². The van der Waals surface area contributed by atoms with Gasteiger partial charge in [0.05, 0.1) is 7.11 Å². The number of methoxy groups -OCH3 is 1. The van der Waals surface area contributed by atoms with Crippen LogP contribution in [0.2, 0.25) is 0 Å². The number of carbonyl (C=O) groups is 3. The first-order valence-corrected chi connectivity index (χ1v) is 9.13. The van der Waals surface area contributed by atoms with Crippen molar-refractivity contribution >= 4 is 17.8 Å². The molecule has 3 rings (SSSR count). The lowest BCUT2D eigenvalue weighted by Gasteiger charge is -2.24. The molecule has 1 heterocycles. The summed E-state index contributed by atoms with van der Waals surface area (Å²) in [4.78, 5) is 39.9. The third kappa shape index (κ3) is 3.83. The molecule has 1 aliphatic heterocycles. The van der Waals surface area contributed by atoms with Crippen molar-refractivity contribution in [2.24, 2.45) is 0 Å². The number of halogens is 2. The number of hydrogen-bond acceptors (Lipinski definition) is 4. The Morgan fingerprint density at radius 1 is 1.20 bits per heavy atom. The second-order valence-electron chi connectivity index (χ2n) is 7.13. The Kier molecular flexibility index (Phi) is 5.73. The third-order valence-electron chi connectivity index (χ3n) is 5.06. The van der Waals surface area contributed by atoms with Crippen LogP contribution in [-0.4, -0.2) is 48.3 Å². The zero-order chi connectivity index (χ0) is 22.1. The monoisotopic (exact) mass is 417 g/mol. The molecule has 1 N–H and O–H groups in total. The summed E-state index contributed by atoms with van der Waals surface area (Å²) in [6.45, 7) is 0.930. The number of ether oxygens (including phenoxy) is 1. The van der Waals surface area contributed by atoms with Gasteiger partial charge in [-0.05, 0) is 31.2 Å². The van der Waals surface area contributed by atoms with Gasteiger partial charge in [0.25, 0.3) is 5.91 Å². The van der Waals surface area contributed by atoms with Crippen molar-refractivity contribution in [3.63, 3.8) is 0 Å². The van der Waals surface area contributed by atoms with Crippen LogP contribution in [0.1, 0.15) is 18.1 Å². The van der Waals surface area contributed by atoms with E-state index >= 15 is 0 Å². The van der Waals surface area contributed by atoms with E-state index in [-0.39, 0.29) is 12.1 Å². The van der Waals surface area contributed by atoms with Gasteiger partial charge in [0.1, 0.15) is 29.5 Å². The summed E-state index contributed by atoms with van der Waals surface area (Å²) in [5, 5.41) is 2.37. The maximum Gasteiger partial charge on any atom is 0.325 e. The van der Waals surface area contributed by atoms with Crippen LogP contribution >= 0.6 is 0 Å². The maximum absolute atomic E-state index is 14.2. The zero-order valence-electron chi connectivity index (χ0n) is 16.7. The van der Waals surface area contributed by atoms with Crippen LogP contribution in [0.25, 0.3) is 0 Å². The highest BCUT2D eigenvalue weighted by molar-refractivity contribution is 6.09. The van der Waals surface area contributed by atoms with Crippen molar-refractivity contribution < 1.29 is 27.9 Å². The fourth-order valence-corrected chi connectivity index (χ4v) is 3.34. The van der Waals surface area contributed by atoms with Gasteiger partial charge in [-0.1, -0.05) is 18.2 Å². The number of rotatable bonds is 6. The van der Waals surface area contributed by atoms with E-state index in [1.165, 1.54) is 26.0 Å². The molecule has 2 aromatic rings. The number of benzene rings is 2. The molecule has 2 aromatic carbocycles. The summed E-state index contributed by atoms with van der Waals surface area (Å²) in [5.74, 6) is -2.33. The Morgan fingerprint density at radius 2 is 1.90 bits per heavy atom. The molecule has 1 saturated heterocycles. The standard InChI is InChI=1S/C21H21F2N3O4/c1-21(15-10-14(22)8-9-16(15)23)19(28)26(20(29)24-21)12-18(27)25(2)11-13-6-4-5-7-17(13)30-3/h4-10H,11-12H2,1-3H3,(H,24,29)/t21-/m1/s1. The minimum absolute atomic E-state index is 0.197. The lowest BCUT2D eigenvalue weighted by Crippen LogP contribution is -2.44. The quantitative estimate of drug-likeness (QED) is 0.733. The fraction of sp³-hybridized carbons (Fsp3) is 0.286. The van der Waals surface area contributed by atoms with Crippen LogP contribution in [-0.2, 0) is 21.7 Å². The van der Waals surface area contributed by atoms with Gasteiger partial charge >= 0.3 is 6.03 Å². The first-order chi connectivity index (χ1) is 14.2. The zero-order valence-corrected chi connectivity index (χ0v) is 16.7. The minimum atomic E-state index is -1.81. The van der Waals surface area contributed by atoms with Gasteiger partial charge in [-0.3, -0.25) is 14.5 Å². The molecule has 0 aliphatic carbocycles. The molecule has 0 unspecified atom stereocenters. The lowest BCUT2D eigenvalue weighted by atomic mass is 9.91. The number of para-hydroxylation sites is 1. The van der Waals surface area contributed by atoms with Gasteiger partial charge in [0, 0.05) is 24.7 Å². The molecule has 0 saturated carbocycles. The van der Waals surface area contributed by atoms with Crippen molar-refractivity contribution in [2.45, 2.75) is 19.0 Å². The van der Waals surface area contributed by atoms with Crippen molar-refractivity contribution in [1.82, 2.24) is 15.1 Å². The molecule has 0 bridgehead atoms. The van der Waals surface area contributed by atoms with Crippen LogP contribution in [0.15, 0.2) is 42.5 Å². The van der Waals surface area contributed by atoms with Gasteiger partial charge in [-0.15, -0.1) is 0 Å². The number of hydrogen-bond donors (Lipinski definition) is 1. The molecule has 1 atom stereocenters. The summed E-state index contributed by atoms with van der Waals surface area (Å²) in [7, 11) is 3.04. The van der Waals surface area contributed by atoms with E-state index in [0.717, 1.165) is 23.8 Å². The van der Waals surface area contributed by atoms with Crippen molar-refractivity contribution in [3.8, 4) is 5.75 Å².